The number of nitrogens with zero attached hydrogens (tertiary/aromatic N) is 1. The lowest BCUT2D eigenvalue weighted by Crippen LogP contribution is -2.15. The summed E-state index contributed by atoms with van der Waals surface area (Å²) in [6.07, 6.45) is 0. The minimum Gasteiger partial charge on any atom is -0.426 e. The van der Waals surface area contributed by atoms with Crippen molar-refractivity contribution in [3.63, 3.8) is 0 Å². The first kappa shape index (κ1) is 19.4. The molecule has 0 saturated carbocycles. The van der Waals surface area contributed by atoms with Gasteiger partial charge < -0.3 is 4.74 Å². The number of rotatable bonds is 5. The van der Waals surface area contributed by atoms with Gasteiger partial charge in [0.2, 0.25) is 0 Å². The number of carbonyl (C=O) groups excluding carboxylic acids is 2. The van der Waals surface area contributed by atoms with Crippen molar-refractivity contribution in [2.75, 3.05) is 11.1 Å². The maximum atomic E-state index is 12.5. The molecule has 0 radical (unpaired) electrons. The number of nitrogens with one attached hydrogen (secondary N) is 1. The maximum Gasteiger partial charge on any atom is 0.308 e. The number of esters is 1. The fourth-order valence-corrected chi connectivity index (χ4v) is 3.89. The highest BCUT2D eigenvalue weighted by molar-refractivity contribution is 7.91. The van der Waals surface area contributed by atoms with E-state index in [-0.39, 0.29) is 27.2 Å². The summed E-state index contributed by atoms with van der Waals surface area (Å²) in [5.74, 6) is -1.23. The normalized spacial score (nSPS) is 11.2. The molecule has 0 saturated heterocycles. The molecule has 0 unspecified atom stereocenters. The van der Waals surface area contributed by atoms with Gasteiger partial charge >= 0.3 is 5.97 Å². The van der Waals surface area contributed by atoms with Gasteiger partial charge in [0.05, 0.1) is 11.3 Å². The second-order valence-corrected chi connectivity index (χ2v) is 8.53. The smallest absolute Gasteiger partial charge is 0.308 e. The molecule has 25 heavy (non-hydrogen) atoms. The zero-order valence-electron chi connectivity index (χ0n) is 13.6. The molecule has 1 heterocycles. The molecule has 7 nitrogen and oxygen atoms in total. The Balaban J connectivity index is 2.32. The molecule has 0 aliphatic carbocycles. The van der Waals surface area contributed by atoms with Crippen molar-refractivity contribution in [1.29, 1.82) is 0 Å². The zero-order valence-corrected chi connectivity index (χ0v) is 16.0. The van der Waals surface area contributed by atoms with E-state index >= 15 is 0 Å². The van der Waals surface area contributed by atoms with E-state index in [4.69, 9.17) is 16.3 Å². The van der Waals surface area contributed by atoms with E-state index in [1.165, 1.54) is 31.4 Å². The number of hydrogen-bond donors (Lipinski definition) is 1. The van der Waals surface area contributed by atoms with E-state index < -0.39 is 21.7 Å². The van der Waals surface area contributed by atoms with Gasteiger partial charge in [-0.15, -0.1) is 11.3 Å². The number of benzene rings is 1. The van der Waals surface area contributed by atoms with Gasteiger partial charge in [-0.2, -0.15) is 0 Å². The molecule has 2 aromatic rings. The van der Waals surface area contributed by atoms with Gasteiger partial charge in [0.15, 0.2) is 20.0 Å². The highest BCUT2D eigenvalue weighted by Gasteiger charge is 2.20. The molecule has 0 spiro atoms. The number of halogens is 1. The molecule has 0 aliphatic rings. The fraction of sp³-hybridized carbons (Fsp3) is 0.267. The van der Waals surface area contributed by atoms with Gasteiger partial charge in [0, 0.05) is 17.3 Å². The van der Waals surface area contributed by atoms with Gasteiger partial charge in [-0.05, 0) is 24.6 Å². The predicted molar refractivity (Wildman–Crippen MR) is 95.3 cm³/mol. The van der Waals surface area contributed by atoms with E-state index in [0.717, 1.165) is 11.3 Å². The van der Waals surface area contributed by atoms with Crippen LogP contribution in [0, 0.1) is 6.92 Å². The molecule has 0 fully saturated rings. The van der Waals surface area contributed by atoms with Crippen LogP contribution in [0.2, 0.25) is 5.02 Å². The molecule has 1 aromatic carbocycles. The number of hydrogen-bond acceptors (Lipinski definition) is 7. The van der Waals surface area contributed by atoms with Crippen LogP contribution in [0.4, 0.5) is 5.13 Å². The molecular weight excluding hydrogens is 388 g/mol. The van der Waals surface area contributed by atoms with Crippen LogP contribution in [0.15, 0.2) is 22.5 Å². The van der Waals surface area contributed by atoms with Gasteiger partial charge in [0.1, 0.15) is 5.75 Å². The molecular formula is C15H15ClN2O5S2. The number of sulfone groups is 1. The Labute approximate surface area is 153 Å². The highest BCUT2D eigenvalue weighted by Crippen LogP contribution is 2.28. The fourth-order valence-electron chi connectivity index (χ4n) is 1.84. The van der Waals surface area contributed by atoms with E-state index in [9.17, 15) is 18.0 Å². The Morgan fingerprint density at radius 2 is 2.04 bits per heavy atom. The predicted octanol–water partition coefficient (Wildman–Crippen LogP) is 3.08. The number of amides is 1. The lowest BCUT2D eigenvalue weighted by Gasteiger charge is -2.10. The minimum absolute atomic E-state index is 0.0425. The Kier molecular flexibility index (Phi) is 5.81. The number of aryl methyl sites for hydroxylation is 1. The summed E-state index contributed by atoms with van der Waals surface area (Å²) in [6, 6.07) is 2.86. The highest BCUT2D eigenvalue weighted by atomic mass is 35.5. The first-order chi connectivity index (χ1) is 11.6. The van der Waals surface area contributed by atoms with Crippen molar-refractivity contribution in [2.45, 2.75) is 25.8 Å². The molecule has 1 aromatic heterocycles. The molecule has 0 aliphatic heterocycles. The first-order valence-corrected chi connectivity index (χ1v) is 10.0. The lowest BCUT2D eigenvalue weighted by molar-refractivity contribution is -0.131. The monoisotopic (exact) mass is 402 g/mol. The quantitative estimate of drug-likeness (QED) is 0.609. The molecule has 2 rings (SSSR count). The van der Waals surface area contributed by atoms with Crippen LogP contribution in [0.3, 0.4) is 0 Å². The molecule has 1 amide bonds. The molecule has 10 heteroatoms. The van der Waals surface area contributed by atoms with Crippen LogP contribution in [0.1, 0.15) is 29.8 Å². The number of anilines is 1. The maximum absolute atomic E-state index is 12.5. The lowest BCUT2D eigenvalue weighted by atomic mass is 10.1. The average molecular weight is 403 g/mol. The van der Waals surface area contributed by atoms with Gasteiger partial charge in [-0.1, -0.05) is 18.5 Å². The largest absolute Gasteiger partial charge is 0.426 e. The Hall–Kier alpha value is -1.97. The van der Waals surface area contributed by atoms with Gasteiger partial charge in [-0.25, -0.2) is 13.4 Å². The van der Waals surface area contributed by atoms with Crippen LogP contribution in [0.25, 0.3) is 0 Å². The summed E-state index contributed by atoms with van der Waals surface area (Å²) in [7, 11) is -3.46. The van der Waals surface area contributed by atoms with E-state index in [2.05, 4.69) is 10.3 Å². The standard InChI is InChI=1S/C15H15ClN2O5S2/c1-4-25(21,22)13-7-24-15(17-13)18-14(20)10-6-11(16)8(2)5-12(10)23-9(3)19/h5-7H,4H2,1-3H3,(H,17,18,20). The van der Waals surface area contributed by atoms with Gasteiger partial charge in [0.25, 0.3) is 5.91 Å². The second-order valence-electron chi connectivity index (χ2n) is 5.04. The van der Waals surface area contributed by atoms with Crippen LogP contribution < -0.4 is 10.1 Å². The van der Waals surface area contributed by atoms with E-state index in [1.807, 2.05) is 0 Å². The summed E-state index contributed by atoms with van der Waals surface area (Å²) in [6.45, 7) is 4.43. The Morgan fingerprint density at radius 1 is 1.36 bits per heavy atom. The number of aromatic nitrogens is 1. The minimum atomic E-state index is -3.46. The van der Waals surface area contributed by atoms with Crippen LogP contribution in [0.5, 0.6) is 5.75 Å². The third-order valence-corrected chi connectivity index (χ3v) is 6.08. The van der Waals surface area contributed by atoms with Crippen molar-refractivity contribution in [2.24, 2.45) is 0 Å². The summed E-state index contributed by atoms with van der Waals surface area (Å²) in [4.78, 5) is 27.6. The molecule has 0 atom stereocenters. The Morgan fingerprint density at radius 3 is 2.64 bits per heavy atom. The molecule has 134 valence electrons. The van der Waals surface area contributed by atoms with Gasteiger partial charge in [-0.3, -0.25) is 14.9 Å². The SMILES string of the molecule is CCS(=O)(=O)c1csc(NC(=O)c2cc(Cl)c(C)cc2OC(C)=O)n1. The Bertz CT molecular complexity index is 937. The van der Waals surface area contributed by atoms with Crippen molar-refractivity contribution in [3.8, 4) is 5.75 Å². The van der Waals surface area contributed by atoms with Crippen LogP contribution in [-0.2, 0) is 14.6 Å². The van der Waals surface area contributed by atoms with E-state index in [1.54, 1.807) is 6.92 Å². The van der Waals surface area contributed by atoms with Crippen LogP contribution in [-0.4, -0.2) is 31.0 Å². The third kappa shape index (κ3) is 4.56. The van der Waals surface area contributed by atoms with Crippen molar-refractivity contribution >= 4 is 49.8 Å². The molecule has 1 N–H and O–H groups in total. The van der Waals surface area contributed by atoms with Crippen molar-refractivity contribution in [1.82, 2.24) is 4.98 Å². The first-order valence-electron chi connectivity index (χ1n) is 7.12. The summed E-state index contributed by atoms with van der Waals surface area (Å²) in [5.41, 5.74) is 0.681. The van der Waals surface area contributed by atoms with Crippen molar-refractivity contribution in [3.05, 3.63) is 33.7 Å². The summed E-state index contributed by atoms with van der Waals surface area (Å²) < 4.78 is 28.6. The number of thiazole rings is 1. The van der Waals surface area contributed by atoms with E-state index in [0.29, 0.717) is 10.6 Å². The summed E-state index contributed by atoms with van der Waals surface area (Å²) >= 11 is 7.02. The molecule has 0 bridgehead atoms. The second kappa shape index (κ2) is 7.51. The number of ether oxygens (including phenoxy) is 1. The summed E-state index contributed by atoms with van der Waals surface area (Å²) in [5, 5.41) is 4.18. The topological polar surface area (TPSA) is 102 Å². The third-order valence-electron chi connectivity index (χ3n) is 3.16. The average Bonchev–Trinajstić information content (AvgIpc) is 2.99. The zero-order chi connectivity index (χ0) is 18.8. The van der Waals surface area contributed by atoms with Crippen LogP contribution >= 0.6 is 22.9 Å². The van der Waals surface area contributed by atoms with Crippen molar-refractivity contribution < 1.29 is 22.7 Å². The number of carbonyl (C=O) groups is 2.